The number of nitrogens with zero attached hydrogens (tertiary/aromatic N) is 1. The molecule has 1 aromatic heterocycles. The Labute approximate surface area is 162 Å². The van der Waals surface area contributed by atoms with Crippen molar-refractivity contribution in [1.82, 2.24) is 4.57 Å². The predicted octanol–water partition coefficient (Wildman–Crippen LogP) is 6.29. The number of halogens is 1. The number of ketones is 1. The van der Waals surface area contributed by atoms with Gasteiger partial charge in [-0.25, -0.2) is 0 Å². The number of hydrogen-bond acceptors (Lipinski definition) is 1. The Kier molecular flexibility index (Phi) is 3.70. The molecule has 0 saturated carbocycles. The van der Waals surface area contributed by atoms with E-state index in [-0.39, 0.29) is 5.78 Å². The van der Waals surface area contributed by atoms with Crippen molar-refractivity contribution in [3.8, 4) is 0 Å². The Balaban J connectivity index is 1.64. The van der Waals surface area contributed by atoms with Crippen LogP contribution in [0.5, 0.6) is 0 Å². The fourth-order valence-electron chi connectivity index (χ4n) is 4.19. The van der Waals surface area contributed by atoms with Crippen LogP contribution in [0.2, 0.25) is 5.02 Å². The molecule has 132 valence electrons. The van der Waals surface area contributed by atoms with Gasteiger partial charge >= 0.3 is 0 Å². The van der Waals surface area contributed by atoms with Crippen molar-refractivity contribution in [3.05, 3.63) is 87.9 Å². The van der Waals surface area contributed by atoms with E-state index in [2.05, 4.69) is 54.0 Å². The first kappa shape index (κ1) is 16.3. The van der Waals surface area contributed by atoms with Crippen LogP contribution in [0.3, 0.4) is 0 Å². The van der Waals surface area contributed by atoms with Gasteiger partial charge in [-0.15, -0.1) is 0 Å². The molecule has 0 radical (unpaired) electrons. The van der Waals surface area contributed by atoms with Crippen LogP contribution in [0, 0.1) is 0 Å². The average molecular weight is 372 g/mol. The Morgan fingerprint density at radius 2 is 1.81 bits per heavy atom. The van der Waals surface area contributed by atoms with Crippen LogP contribution >= 0.6 is 11.6 Å². The highest BCUT2D eigenvalue weighted by Crippen LogP contribution is 2.33. The van der Waals surface area contributed by atoms with Gasteiger partial charge in [0.15, 0.2) is 5.78 Å². The number of aromatic nitrogens is 1. The Morgan fingerprint density at radius 3 is 2.67 bits per heavy atom. The molecule has 0 aliphatic heterocycles. The van der Waals surface area contributed by atoms with Gasteiger partial charge in [-0.3, -0.25) is 4.79 Å². The first-order valence-electron chi connectivity index (χ1n) is 9.20. The summed E-state index contributed by atoms with van der Waals surface area (Å²) in [7, 11) is 0. The van der Waals surface area contributed by atoms with Crippen LogP contribution in [-0.2, 0) is 13.0 Å². The van der Waals surface area contributed by atoms with Crippen molar-refractivity contribution in [2.75, 3.05) is 0 Å². The lowest BCUT2D eigenvalue weighted by Crippen LogP contribution is -1.95. The largest absolute Gasteiger partial charge is 0.341 e. The summed E-state index contributed by atoms with van der Waals surface area (Å²) in [5, 5.41) is 3.09. The van der Waals surface area contributed by atoms with Gasteiger partial charge in [0.1, 0.15) is 0 Å². The normalized spacial score (nSPS) is 15.2. The molecule has 0 atom stereocenters. The molecule has 0 bridgehead atoms. The number of para-hydroxylation sites is 1. The fraction of sp³-hybridized carbons (Fsp3) is 0.125. The lowest BCUT2D eigenvalue weighted by molar-refractivity contribution is 0.104. The van der Waals surface area contributed by atoms with E-state index in [4.69, 9.17) is 11.6 Å². The number of Topliss-reactive ketones (excluding diaryl/α,β-unsaturated/α-hetero) is 1. The number of hydrogen-bond donors (Lipinski definition) is 0. The van der Waals surface area contributed by atoms with E-state index in [1.807, 2.05) is 18.2 Å². The Morgan fingerprint density at radius 1 is 1.00 bits per heavy atom. The summed E-state index contributed by atoms with van der Waals surface area (Å²) in [6.07, 6.45) is 2.69. The second kappa shape index (κ2) is 6.11. The minimum Gasteiger partial charge on any atom is -0.341 e. The number of benzene rings is 3. The van der Waals surface area contributed by atoms with Gasteiger partial charge in [0.2, 0.25) is 0 Å². The van der Waals surface area contributed by atoms with E-state index in [0.717, 1.165) is 28.8 Å². The molecule has 4 aromatic rings. The molecule has 1 heterocycles. The number of carbonyl (C=O) groups is 1. The Hall–Kier alpha value is -2.84. The number of fused-ring (bicyclic) bond motifs is 4. The topological polar surface area (TPSA) is 22.0 Å². The zero-order valence-electron chi connectivity index (χ0n) is 15.0. The number of rotatable bonds is 2. The van der Waals surface area contributed by atoms with E-state index in [1.54, 1.807) is 6.07 Å². The van der Waals surface area contributed by atoms with Crippen molar-refractivity contribution < 1.29 is 4.79 Å². The van der Waals surface area contributed by atoms with Gasteiger partial charge < -0.3 is 4.57 Å². The Bertz CT molecular complexity index is 1260. The van der Waals surface area contributed by atoms with Crippen LogP contribution in [0.4, 0.5) is 0 Å². The standard InChI is InChI=1S/C24H18ClNO/c1-2-26-22-6-4-3-5-19(22)21-12-15(7-10-23(21)26)11-17-13-16-8-9-18(25)14-20(16)24(17)27/h3-12,14H,2,13H2,1H3/b17-11-. The van der Waals surface area contributed by atoms with Crippen LogP contribution in [0.25, 0.3) is 27.9 Å². The third-order valence-electron chi connectivity index (χ3n) is 5.44. The zero-order valence-corrected chi connectivity index (χ0v) is 15.8. The second-order valence-electron chi connectivity index (χ2n) is 7.01. The number of aryl methyl sites for hydroxylation is 1. The molecule has 2 nitrogen and oxygen atoms in total. The molecule has 0 unspecified atom stereocenters. The van der Waals surface area contributed by atoms with Crippen molar-refractivity contribution in [2.45, 2.75) is 19.9 Å². The third kappa shape index (κ3) is 2.52. The molecule has 3 heteroatoms. The third-order valence-corrected chi connectivity index (χ3v) is 5.68. The lowest BCUT2D eigenvalue weighted by Gasteiger charge is -2.03. The maximum Gasteiger partial charge on any atom is 0.189 e. The van der Waals surface area contributed by atoms with E-state index in [1.165, 1.54) is 21.8 Å². The smallest absolute Gasteiger partial charge is 0.189 e. The van der Waals surface area contributed by atoms with Crippen LogP contribution in [0.1, 0.15) is 28.4 Å². The maximum absolute atomic E-state index is 12.7. The molecule has 0 N–H and O–H groups in total. The molecule has 1 aliphatic rings. The molecule has 27 heavy (non-hydrogen) atoms. The molecule has 0 saturated heterocycles. The van der Waals surface area contributed by atoms with Crippen LogP contribution < -0.4 is 0 Å². The van der Waals surface area contributed by atoms with Crippen LogP contribution in [0.15, 0.2) is 66.2 Å². The molecule has 5 rings (SSSR count). The fourth-order valence-corrected chi connectivity index (χ4v) is 4.36. The van der Waals surface area contributed by atoms with Crippen molar-refractivity contribution >= 4 is 45.3 Å². The van der Waals surface area contributed by atoms with E-state index < -0.39 is 0 Å². The summed E-state index contributed by atoms with van der Waals surface area (Å²) in [6.45, 7) is 3.10. The minimum absolute atomic E-state index is 0.0867. The average Bonchev–Trinajstić information content (AvgIpc) is 3.16. The summed E-state index contributed by atoms with van der Waals surface area (Å²) >= 11 is 6.06. The van der Waals surface area contributed by atoms with Gasteiger partial charge in [-0.05, 0) is 54.5 Å². The zero-order chi connectivity index (χ0) is 18.5. The predicted molar refractivity (Wildman–Crippen MR) is 113 cm³/mol. The van der Waals surface area contributed by atoms with Gasteiger partial charge in [-0.2, -0.15) is 0 Å². The van der Waals surface area contributed by atoms with Gasteiger partial charge in [-0.1, -0.05) is 41.9 Å². The molecule has 1 aliphatic carbocycles. The number of carbonyl (C=O) groups excluding carboxylic acids is 1. The summed E-state index contributed by atoms with van der Waals surface area (Å²) in [6, 6.07) is 20.5. The van der Waals surface area contributed by atoms with E-state index in [9.17, 15) is 4.79 Å². The second-order valence-corrected chi connectivity index (χ2v) is 7.45. The molecular formula is C24H18ClNO. The summed E-state index contributed by atoms with van der Waals surface area (Å²) in [4.78, 5) is 12.7. The first-order valence-corrected chi connectivity index (χ1v) is 9.58. The van der Waals surface area contributed by atoms with Crippen molar-refractivity contribution in [1.29, 1.82) is 0 Å². The SMILES string of the molecule is CCn1c2ccccc2c2cc(/C=C3/Cc4ccc(Cl)cc4C3=O)ccc21. The van der Waals surface area contributed by atoms with E-state index >= 15 is 0 Å². The molecular weight excluding hydrogens is 354 g/mol. The van der Waals surface area contributed by atoms with Gasteiger partial charge in [0.05, 0.1) is 0 Å². The van der Waals surface area contributed by atoms with Crippen molar-refractivity contribution in [2.24, 2.45) is 0 Å². The minimum atomic E-state index is 0.0867. The molecule has 0 fully saturated rings. The highest BCUT2D eigenvalue weighted by Gasteiger charge is 2.24. The maximum atomic E-state index is 12.7. The van der Waals surface area contributed by atoms with E-state index in [0.29, 0.717) is 11.4 Å². The number of allylic oxidation sites excluding steroid dienone is 1. The lowest BCUT2D eigenvalue weighted by atomic mass is 10.0. The highest BCUT2D eigenvalue weighted by molar-refractivity contribution is 6.31. The monoisotopic (exact) mass is 371 g/mol. The highest BCUT2D eigenvalue weighted by atomic mass is 35.5. The molecule has 0 amide bonds. The van der Waals surface area contributed by atoms with Gasteiger partial charge in [0.25, 0.3) is 0 Å². The molecule has 3 aromatic carbocycles. The summed E-state index contributed by atoms with van der Waals surface area (Å²) in [5.41, 5.74) is 6.15. The van der Waals surface area contributed by atoms with Gasteiger partial charge in [0, 0.05) is 50.9 Å². The van der Waals surface area contributed by atoms with Crippen molar-refractivity contribution in [3.63, 3.8) is 0 Å². The summed E-state index contributed by atoms with van der Waals surface area (Å²) < 4.78 is 2.33. The molecule has 0 spiro atoms. The first-order chi connectivity index (χ1) is 13.2. The summed E-state index contributed by atoms with van der Waals surface area (Å²) in [5.74, 6) is 0.0867. The quantitative estimate of drug-likeness (QED) is 0.379. The van der Waals surface area contributed by atoms with Crippen LogP contribution in [-0.4, -0.2) is 10.4 Å².